The molecule has 1 aliphatic carbocycles. The van der Waals surface area contributed by atoms with Gasteiger partial charge in [-0.3, -0.25) is 4.79 Å². The van der Waals surface area contributed by atoms with Crippen molar-refractivity contribution in [3.8, 4) is 11.6 Å². The van der Waals surface area contributed by atoms with Crippen LogP contribution in [0.3, 0.4) is 0 Å². The van der Waals surface area contributed by atoms with E-state index in [1.54, 1.807) is 12.4 Å². The predicted octanol–water partition coefficient (Wildman–Crippen LogP) is 1.07. The molecule has 2 aromatic heterocycles. The molecule has 0 bridgehead atoms. The maximum absolute atomic E-state index is 11.0. The third-order valence-electron chi connectivity index (χ3n) is 3.52. The van der Waals surface area contributed by atoms with Gasteiger partial charge in [-0.1, -0.05) is 0 Å². The Morgan fingerprint density at radius 1 is 1.47 bits per heavy atom. The molecule has 0 aromatic carbocycles. The summed E-state index contributed by atoms with van der Waals surface area (Å²) < 4.78 is 1.87. The summed E-state index contributed by atoms with van der Waals surface area (Å²) in [6.45, 7) is 0. The summed E-state index contributed by atoms with van der Waals surface area (Å²) >= 11 is 0. The largest absolute Gasteiger partial charge is 0.481 e. The van der Waals surface area contributed by atoms with Gasteiger partial charge in [0.2, 0.25) is 0 Å². The van der Waals surface area contributed by atoms with Crippen molar-refractivity contribution in [2.45, 2.75) is 19.3 Å². The summed E-state index contributed by atoms with van der Waals surface area (Å²) in [5, 5.41) is 9.05. The first-order valence-corrected chi connectivity index (χ1v) is 6.20. The van der Waals surface area contributed by atoms with Crippen LogP contribution in [0.4, 0.5) is 0 Å². The van der Waals surface area contributed by atoms with Crippen LogP contribution in [0.25, 0.3) is 11.6 Å². The van der Waals surface area contributed by atoms with Crippen LogP contribution in [-0.2, 0) is 24.7 Å². The quantitative estimate of drug-likeness (QED) is 0.871. The lowest BCUT2D eigenvalue weighted by molar-refractivity contribution is -0.142. The van der Waals surface area contributed by atoms with Gasteiger partial charge in [0, 0.05) is 31.3 Å². The van der Waals surface area contributed by atoms with E-state index in [0.717, 1.165) is 17.1 Å². The molecule has 3 rings (SSSR count). The average molecular weight is 258 g/mol. The van der Waals surface area contributed by atoms with Crippen molar-refractivity contribution in [1.82, 2.24) is 19.5 Å². The smallest absolute Gasteiger partial charge is 0.306 e. The minimum atomic E-state index is -0.737. The monoisotopic (exact) mass is 258 g/mol. The molecule has 2 aromatic rings. The number of rotatable bonds is 2. The highest BCUT2D eigenvalue weighted by Crippen LogP contribution is 2.25. The molecule has 2 heterocycles. The minimum absolute atomic E-state index is 0.310. The Morgan fingerprint density at radius 3 is 3.00 bits per heavy atom. The van der Waals surface area contributed by atoms with Crippen molar-refractivity contribution in [2.24, 2.45) is 13.0 Å². The van der Waals surface area contributed by atoms with Gasteiger partial charge < -0.3 is 9.67 Å². The van der Waals surface area contributed by atoms with Crippen molar-refractivity contribution >= 4 is 5.97 Å². The molecule has 0 amide bonds. The molecular formula is C13H14N4O2. The van der Waals surface area contributed by atoms with Gasteiger partial charge in [0.1, 0.15) is 0 Å². The van der Waals surface area contributed by atoms with Crippen LogP contribution < -0.4 is 0 Å². The lowest BCUT2D eigenvalue weighted by Gasteiger charge is -2.20. The van der Waals surface area contributed by atoms with Crippen LogP contribution in [0.1, 0.15) is 17.7 Å². The fourth-order valence-electron chi connectivity index (χ4n) is 2.41. The van der Waals surface area contributed by atoms with Crippen molar-refractivity contribution in [3.05, 3.63) is 29.8 Å². The van der Waals surface area contributed by atoms with Crippen molar-refractivity contribution in [2.75, 3.05) is 0 Å². The van der Waals surface area contributed by atoms with E-state index >= 15 is 0 Å². The van der Waals surface area contributed by atoms with E-state index < -0.39 is 5.97 Å². The van der Waals surface area contributed by atoms with E-state index in [9.17, 15) is 4.79 Å². The number of hydrogen-bond acceptors (Lipinski definition) is 4. The number of aliphatic carboxylic acids is 1. The van der Waals surface area contributed by atoms with Gasteiger partial charge in [-0.25, -0.2) is 15.0 Å². The highest BCUT2D eigenvalue weighted by Gasteiger charge is 2.25. The van der Waals surface area contributed by atoms with Crippen LogP contribution in [0.5, 0.6) is 0 Å². The first-order chi connectivity index (χ1) is 9.15. The highest BCUT2D eigenvalue weighted by molar-refractivity contribution is 5.70. The Labute approximate surface area is 110 Å². The van der Waals surface area contributed by atoms with Crippen LogP contribution in [-0.4, -0.2) is 30.6 Å². The molecule has 1 atom stereocenters. The second-order valence-corrected chi connectivity index (χ2v) is 4.81. The lowest BCUT2D eigenvalue weighted by atomic mass is 9.87. The van der Waals surface area contributed by atoms with Crippen LogP contribution >= 0.6 is 0 Å². The van der Waals surface area contributed by atoms with Gasteiger partial charge in [0.15, 0.2) is 11.6 Å². The molecule has 1 aliphatic rings. The average Bonchev–Trinajstić information content (AvgIpc) is 2.83. The Kier molecular flexibility index (Phi) is 2.77. The van der Waals surface area contributed by atoms with Crippen molar-refractivity contribution < 1.29 is 9.90 Å². The molecule has 0 fully saturated rings. The van der Waals surface area contributed by atoms with E-state index in [1.807, 2.05) is 17.8 Å². The molecule has 1 unspecified atom stereocenters. The Balaban J connectivity index is 1.94. The molecule has 0 saturated heterocycles. The lowest BCUT2D eigenvalue weighted by Crippen LogP contribution is -2.23. The zero-order chi connectivity index (χ0) is 13.4. The fraction of sp³-hybridized carbons (Fsp3) is 0.385. The topological polar surface area (TPSA) is 80.9 Å². The summed E-state index contributed by atoms with van der Waals surface area (Å²) in [4.78, 5) is 24.1. The predicted molar refractivity (Wildman–Crippen MR) is 67.4 cm³/mol. The number of nitrogens with zero attached hydrogens (tertiary/aromatic N) is 4. The second-order valence-electron chi connectivity index (χ2n) is 4.81. The van der Waals surface area contributed by atoms with Gasteiger partial charge >= 0.3 is 5.97 Å². The molecule has 1 N–H and O–H groups in total. The third-order valence-corrected chi connectivity index (χ3v) is 3.52. The molecule has 19 heavy (non-hydrogen) atoms. The zero-order valence-corrected chi connectivity index (χ0v) is 10.6. The Morgan fingerprint density at radius 2 is 2.32 bits per heavy atom. The van der Waals surface area contributed by atoms with Gasteiger partial charge in [-0.2, -0.15) is 0 Å². The summed E-state index contributed by atoms with van der Waals surface area (Å²) in [6.07, 6.45) is 7.13. The van der Waals surface area contributed by atoms with E-state index in [-0.39, 0.29) is 5.92 Å². The van der Waals surface area contributed by atoms with E-state index in [0.29, 0.717) is 25.1 Å². The number of aromatic nitrogens is 4. The normalized spacial score (nSPS) is 18.1. The molecule has 0 spiro atoms. The van der Waals surface area contributed by atoms with E-state index in [2.05, 4.69) is 15.0 Å². The van der Waals surface area contributed by atoms with Crippen molar-refractivity contribution in [1.29, 1.82) is 0 Å². The summed E-state index contributed by atoms with van der Waals surface area (Å²) in [6, 6.07) is 0. The molecular weight excluding hydrogens is 244 g/mol. The Hall–Kier alpha value is -2.24. The van der Waals surface area contributed by atoms with Gasteiger partial charge in [-0.05, 0) is 24.8 Å². The number of fused-ring (bicyclic) bond motifs is 1. The number of carboxylic acids is 1. The molecule has 0 aliphatic heterocycles. The van der Waals surface area contributed by atoms with Crippen LogP contribution in [0.15, 0.2) is 18.6 Å². The molecule has 0 saturated carbocycles. The Bertz CT molecular complexity index is 635. The van der Waals surface area contributed by atoms with Crippen LogP contribution in [0, 0.1) is 5.92 Å². The number of aryl methyl sites for hydroxylation is 2. The first kappa shape index (κ1) is 11.8. The van der Waals surface area contributed by atoms with Gasteiger partial charge in [-0.15, -0.1) is 0 Å². The van der Waals surface area contributed by atoms with Gasteiger partial charge in [0.25, 0.3) is 0 Å². The molecule has 6 heteroatoms. The minimum Gasteiger partial charge on any atom is -0.481 e. The zero-order valence-electron chi connectivity index (χ0n) is 10.6. The highest BCUT2D eigenvalue weighted by atomic mass is 16.4. The van der Waals surface area contributed by atoms with Crippen molar-refractivity contribution in [3.63, 3.8) is 0 Å². The number of carbonyl (C=O) groups is 1. The summed E-state index contributed by atoms with van der Waals surface area (Å²) in [5.74, 6) is 0.275. The standard InChI is InChI=1S/C13H14N4O2/c1-17-5-4-14-12(17)11-15-7-9-6-8(13(18)19)2-3-10(9)16-11/h4-5,7-8H,2-3,6H2,1H3,(H,18,19). The number of carboxylic acid groups (broad SMARTS) is 1. The summed E-state index contributed by atoms with van der Waals surface area (Å²) in [5.41, 5.74) is 1.89. The maximum Gasteiger partial charge on any atom is 0.306 e. The van der Waals surface area contributed by atoms with E-state index in [1.165, 1.54) is 0 Å². The fourth-order valence-corrected chi connectivity index (χ4v) is 2.41. The van der Waals surface area contributed by atoms with E-state index in [4.69, 9.17) is 5.11 Å². The SMILES string of the molecule is Cn1ccnc1-c1ncc2c(n1)CCC(C(=O)O)C2. The van der Waals surface area contributed by atoms with Crippen LogP contribution in [0.2, 0.25) is 0 Å². The van der Waals surface area contributed by atoms with Gasteiger partial charge in [0.05, 0.1) is 5.92 Å². The maximum atomic E-state index is 11.0. The second kappa shape index (κ2) is 4.46. The molecule has 0 radical (unpaired) electrons. The molecule has 98 valence electrons. The number of hydrogen-bond donors (Lipinski definition) is 1. The number of imidazole rings is 1. The first-order valence-electron chi connectivity index (χ1n) is 6.20. The third kappa shape index (κ3) is 2.09. The molecule has 6 nitrogen and oxygen atoms in total. The summed E-state index contributed by atoms with van der Waals surface area (Å²) in [7, 11) is 1.89.